The summed E-state index contributed by atoms with van der Waals surface area (Å²) < 4.78 is 22.0. The van der Waals surface area contributed by atoms with Gasteiger partial charge in [0.05, 0.1) is 4.24 Å². The van der Waals surface area contributed by atoms with Crippen LogP contribution in [-0.2, 0) is 9.84 Å². The molecule has 0 aromatic rings. The van der Waals surface area contributed by atoms with Gasteiger partial charge in [0.15, 0.2) is 9.84 Å². The Morgan fingerprint density at radius 1 is 1.67 bits per heavy atom. The highest BCUT2D eigenvalue weighted by molar-refractivity contribution is 8.18. The maximum atomic E-state index is 10.7. The first-order valence-corrected chi connectivity index (χ1v) is 5.51. The monoisotopic (exact) mass is 164 g/mol. The van der Waals surface area contributed by atoms with E-state index in [-0.39, 0.29) is 0 Å². The average molecular weight is 164 g/mol. The van der Waals surface area contributed by atoms with E-state index in [1.807, 2.05) is 0 Å². The first-order valence-electron chi connectivity index (χ1n) is 2.64. The first kappa shape index (κ1) is 7.15. The maximum Gasteiger partial charge on any atom is 0.181 e. The second-order valence-corrected chi connectivity index (χ2v) is 5.31. The van der Waals surface area contributed by atoms with Crippen molar-refractivity contribution in [2.45, 2.75) is 6.42 Å². The fourth-order valence-electron chi connectivity index (χ4n) is 0.654. The Kier molecular flexibility index (Phi) is 1.86. The van der Waals surface area contributed by atoms with Gasteiger partial charge in [0.2, 0.25) is 0 Å². The Bertz CT molecular complexity index is 225. The third kappa shape index (κ3) is 1.72. The summed E-state index contributed by atoms with van der Waals surface area (Å²) in [6.07, 6.45) is 3.92. The van der Waals surface area contributed by atoms with E-state index in [2.05, 4.69) is 0 Å². The van der Waals surface area contributed by atoms with E-state index in [1.165, 1.54) is 18.0 Å². The van der Waals surface area contributed by atoms with E-state index in [0.717, 1.165) is 12.2 Å². The van der Waals surface area contributed by atoms with Crippen LogP contribution < -0.4 is 0 Å². The number of thioether (sulfide) groups is 1. The minimum absolute atomic E-state index is 0.544. The summed E-state index contributed by atoms with van der Waals surface area (Å²) in [5, 5.41) is 0. The molecule has 4 heteroatoms. The van der Waals surface area contributed by atoms with Gasteiger partial charge in [-0.2, -0.15) is 0 Å². The summed E-state index contributed by atoms with van der Waals surface area (Å²) in [4.78, 5) is 0. The van der Waals surface area contributed by atoms with Gasteiger partial charge in [0, 0.05) is 12.0 Å². The Labute approximate surface area is 59.3 Å². The Balaban J connectivity index is 2.87. The fraction of sp³-hybridized carbons (Fsp3) is 0.600. The van der Waals surface area contributed by atoms with Crippen molar-refractivity contribution in [2.75, 3.05) is 12.0 Å². The van der Waals surface area contributed by atoms with Crippen LogP contribution in [0.3, 0.4) is 0 Å². The SMILES string of the molecule is CS(=O)(=O)C1=CCCS1. The molecule has 2 nitrogen and oxygen atoms in total. The van der Waals surface area contributed by atoms with Gasteiger partial charge in [-0.25, -0.2) is 8.42 Å². The third-order valence-electron chi connectivity index (χ3n) is 1.04. The van der Waals surface area contributed by atoms with Crippen molar-refractivity contribution in [2.24, 2.45) is 0 Å². The summed E-state index contributed by atoms with van der Waals surface area (Å²) in [6, 6.07) is 0. The Morgan fingerprint density at radius 2 is 2.33 bits per heavy atom. The lowest BCUT2D eigenvalue weighted by Crippen LogP contribution is -1.94. The molecule has 1 heterocycles. The molecule has 0 aromatic heterocycles. The van der Waals surface area contributed by atoms with Crippen LogP contribution in [0.2, 0.25) is 0 Å². The van der Waals surface area contributed by atoms with Gasteiger partial charge < -0.3 is 0 Å². The molecule has 0 unspecified atom stereocenters. The van der Waals surface area contributed by atoms with E-state index in [1.54, 1.807) is 6.08 Å². The fourth-order valence-corrected chi connectivity index (χ4v) is 2.85. The summed E-state index contributed by atoms with van der Waals surface area (Å²) in [5.41, 5.74) is 0. The number of hydrogen-bond donors (Lipinski definition) is 0. The lowest BCUT2D eigenvalue weighted by Gasteiger charge is -1.93. The number of sulfone groups is 1. The van der Waals surface area contributed by atoms with E-state index in [0.29, 0.717) is 4.24 Å². The highest BCUT2D eigenvalue weighted by Gasteiger charge is 2.14. The predicted octanol–water partition coefficient (Wildman–Crippen LogP) is 1.01. The molecule has 52 valence electrons. The third-order valence-corrected chi connectivity index (χ3v) is 4.09. The van der Waals surface area contributed by atoms with Crippen LogP contribution >= 0.6 is 11.8 Å². The minimum Gasteiger partial charge on any atom is -0.223 e. The van der Waals surface area contributed by atoms with E-state index in [4.69, 9.17) is 0 Å². The molecule has 0 bridgehead atoms. The molecule has 1 aliphatic heterocycles. The zero-order chi connectivity index (χ0) is 6.91. The van der Waals surface area contributed by atoms with Crippen molar-refractivity contribution >= 4 is 21.6 Å². The zero-order valence-corrected chi connectivity index (χ0v) is 6.76. The van der Waals surface area contributed by atoms with Crippen LogP contribution in [0.15, 0.2) is 10.3 Å². The van der Waals surface area contributed by atoms with Crippen molar-refractivity contribution in [1.29, 1.82) is 0 Å². The summed E-state index contributed by atoms with van der Waals surface area (Å²) in [5.74, 6) is 0.919. The normalized spacial score (nSPS) is 19.9. The van der Waals surface area contributed by atoms with Crippen LogP contribution in [0.5, 0.6) is 0 Å². The molecule has 0 aliphatic carbocycles. The molecule has 0 atom stereocenters. The van der Waals surface area contributed by atoms with Gasteiger partial charge in [0.1, 0.15) is 0 Å². The second-order valence-electron chi connectivity index (χ2n) is 1.93. The van der Waals surface area contributed by atoms with Crippen molar-refractivity contribution in [3.63, 3.8) is 0 Å². The van der Waals surface area contributed by atoms with E-state index in [9.17, 15) is 8.42 Å². The quantitative estimate of drug-likeness (QED) is 0.580. The van der Waals surface area contributed by atoms with Gasteiger partial charge in [0.25, 0.3) is 0 Å². The largest absolute Gasteiger partial charge is 0.223 e. The summed E-state index contributed by atoms with van der Waals surface area (Å²) in [7, 11) is -2.88. The highest BCUT2D eigenvalue weighted by atomic mass is 32.3. The molecular formula is C5H8O2S2. The van der Waals surface area contributed by atoms with Gasteiger partial charge in [-0.15, -0.1) is 11.8 Å². The van der Waals surface area contributed by atoms with E-state index >= 15 is 0 Å². The van der Waals surface area contributed by atoms with E-state index < -0.39 is 9.84 Å². The van der Waals surface area contributed by atoms with Gasteiger partial charge in [-0.3, -0.25) is 0 Å². The molecule has 0 fully saturated rings. The second kappa shape index (κ2) is 2.34. The number of rotatable bonds is 1. The van der Waals surface area contributed by atoms with Crippen LogP contribution in [-0.4, -0.2) is 20.4 Å². The van der Waals surface area contributed by atoms with Gasteiger partial charge in [-0.1, -0.05) is 6.08 Å². The van der Waals surface area contributed by atoms with Crippen molar-refractivity contribution in [3.05, 3.63) is 10.3 Å². The molecule has 0 N–H and O–H groups in total. The molecule has 9 heavy (non-hydrogen) atoms. The topological polar surface area (TPSA) is 34.1 Å². The van der Waals surface area contributed by atoms with Crippen LogP contribution in [0.4, 0.5) is 0 Å². The smallest absolute Gasteiger partial charge is 0.181 e. The molecular weight excluding hydrogens is 156 g/mol. The maximum absolute atomic E-state index is 10.7. The highest BCUT2D eigenvalue weighted by Crippen LogP contribution is 2.28. The summed E-state index contributed by atoms with van der Waals surface area (Å²) >= 11 is 1.42. The van der Waals surface area contributed by atoms with Crippen molar-refractivity contribution in [3.8, 4) is 0 Å². The van der Waals surface area contributed by atoms with Crippen molar-refractivity contribution in [1.82, 2.24) is 0 Å². The Morgan fingerprint density at radius 3 is 2.56 bits per heavy atom. The first-order chi connectivity index (χ1) is 4.11. The van der Waals surface area contributed by atoms with Gasteiger partial charge in [-0.05, 0) is 6.42 Å². The zero-order valence-electron chi connectivity index (χ0n) is 5.12. The molecule has 0 saturated heterocycles. The van der Waals surface area contributed by atoms with Crippen LogP contribution in [0.1, 0.15) is 6.42 Å². The molecule has 0 saturated carbocycles. The number of hydrogen-bond acceptors (Lipinski definition) is 3. The molecule has 0 radical (unpaired) electrons. The standard InChI is InChI=1S/C5H8O2S2/c1-9(6,7)5-3-2-4-8-5/h3H,2,4H2,1H3. The lowest BCUT2D eigenvalue weighted by molar-refractivity contribution is 0.609. The van der Waals surface area contributed by atoms with Crippen molar-refractivity contribution < 1.29 is 8.42 Å². The average Bonchev–Trinajstić information content (AvgIpc) is 2.08. The molecule has 1 rings (SSSR count). The Hall–Kier alpha value is 0.0400. The molecule has 1 aliphatic rings. The molecule has 0 spiro atoms. The molecule has 0 aromatic carbocycles. The number of allylic oxidation sites excluding steroid dienone is 1. The predicted molar refractivity (Wildman–Crippen MR) is 40.0 cm³/mol. The minimum atomic E-state index is -2.88. The van der Waals surface area contributed by atoms with Crippen LogP contribution in [0.25, 0.3) is 0 Å². The molecule has 0 amide bonds. The lowest BCUT2D eigenvalue weighted by atomic mass is 10.5. The van der Waals surface area contributed by atoms with Gasteiger partial charge >= 0.3 is 0 Å². The summed E-state index contributed by atoms with van der Waals surface area (Å²) in [6.45, 7) is 0. The van der Waals surface area contributed by atoms with Crippen LogP contribution in [0, 0.1) is 0 Å².